The van der Waals surface area contributed by atoms with Crippen LogP contribution in [-0.2, 0) is 16.7 Å². The van der Waals surface area contributed by atoms with Crippen molar-refractivity contribution in [1.82, 2.24) is 29.5 Å². The van der Waals surface area contributed by atoms with Gasteiger partial charge in [-0.1, -0.05) is 0 Å². The monoisotopic (exact) mass is 497 g/mol. The van der Waals surface area contributed by atoms with E-state index in [1.165, 1.54) is 52.1 Å². The zero-order valence-electron chi connectivity index (χ0n) is 18.5. The van der Waals surface area contributed by atoms with E-state index in [1.54, 1.807) is 26.1 Å². The first-order valence-corrected chi connectivity index (χ1v) is 11.6. The van der Waals surface area contributed by atoms with Gasteiger partial charge in [0.25, 0.3) is 15.9 Å². The molecule has 0 saturated heterocycles. The van der Waals surface area contributed by atoms with Crippen LogP contribution in [0.5, 0.6) is 0 Å². The Hall–Kier alpha value is -4.66. The van der Waals surface area contributed by atoms with E-state index in [1.807, 2.05) is 0 Å². The van der Waals surface area contributed by atoms with Gasteiger partial charge < -0.3 is 5.32 Å². The van der Waals surface area contributed by atoms with Crippen molar-refractivity contribution >= 4 is 33.3 Å². The van der Waals surface area contributed by atoms with Crippen molar-refractivity contribution < 1.29 is 18.1 Å². The molecule has 2 N–H and O–H groups in total. The first-order valence-electron chi connectivity index (χ1n) is 10.1. The van der Waals surface area contributed by atoms with Gasteiger partial charge in [-0.2, -0.15) is 10.2 Å². The van der Waals surface area contributed by atoms with Crippen molar-refractivity contribution in [2.45, 2.75) is 25.4 Å². The number of nitrogens with zero attached hydrogens (tertiary/aromatic N) is 7. The Balaban J connectivity index is 1.42. The van der Waals surface area contributed by atoms with Crippen molar-refractivity contribution in [3.8, 4) is 0 Å². The maximum atomic E-state index is 12.6. The number of benzene rings is 1. The first-order chi connectivity index (χ1) is 16.6. The number of carbonyl (C=O) groups is 1. The van der Waals surface area contributed by atoms with Crippen LogP contribution in [0.3, 0.4) is 0 Å². The van der Waals surface area contributed by atoms with E-state index in [-0.39, 0.29) is 34.6 Å². The summed E-state index contributed by atoms with van der Waals surface area (Å²) in [5, 5.41) is 22.1. The smallest absolute Gasteiger partial charge is 0.312 e. The van der Waals surface area contributed by atoms with Gasteiger partial charge in [0.15, 0.2) is 5.69 Å². The highest BCUT2D eigenvalue weighted by atomic mass is 32.2. The van der Waals surface area contributed by atoms with Crippen molar-refractivity contribution in [2.24, 2.45) is 0 Å². The van der Waals surface area contributed by atoms with Crippen LogP contribution >= 0.6 is 0 Å². The zero-order valence-corrected chi connectivity index (χ0v) is 19.3. The third-order valence-electron chi connectivity index (χ3n) is 4.89. The van der Waals surface area contributed by atoms with E-state index in [2.05, 4.69) is 30.2 Å². The summed E-state index contributed by atoms with van der Waals surface area (Å²) in [6, 6.07) is 8.57. The molecular weight excluding hydrogens is 478 g/mol. The Labute approximate surface area is 198 Å². The second kappa shape index (κ2) is 9.30. The maximum absolute atomic E-state index is 12.6. The fourth-order valence-corrected chi connectivity index (χ4v) is 4.19. The van der Waals surface area contributed by atoms with E-state index >= 15 is 0 Å². The molecule has 35 heavy (non-hydrogen) atoms. The summed E-state index contributed by atoms with van der Waals surface area (Å²) in [6.07, 6.45) is 4.36. The number of amides is 1. The molecule has 0 atom stereocenters. The third-order valence-corrected chi connectivity index (χ3v) is 6.24. The van der Waals surface area contributed by atoms with Gasteiger partial charge in [-0.15, -0.1) is 0 Å². The van der Waals surface area contributed by atoms with Crippen LogP contribution in [0.15, 0.2) is 59.9 Å². The molecule has 3 aromatic heterocycles. The number of nitrogens with one attached hydrogen (secondary N) is 2. The molecular formula is C20H19N9O5S. The molecule has 180 valence electrons. The summed E-state index contributed by atoms with van der Waals surface area (Å²) in [7, 11) is -3.90. The lowest BCUT2D eigenvalue weighted by molar-refractivity contribution is -0.386. The average molecular weight is 497 g/mol. The van der Waals surface area contributed by atoms with Gasteiger partial charge in [0.2, 0.25) is 5.95 Å². The zero-order chi connectivity index (χ0) is 25.2. The molecule has 14 nitrogen and oxygen atoms in total. The Morgan fingerprint density at radius 1 is 1.09 bits per heavy atom. The van der Waals surface area contributed by atoms with Crippen LogP contribution < -0.4 is 10.0 Å². The lowest BCUT2D eigenvalue weighted by Gasteiger charge is -2.08. The number of aryl methyl sites for hydroxylation is 1. The minimum Gasteiger partial charge on any atom is -0.321 e. The van der Waals surface area contributed by atoms with E-state index in [0.29, 0.717) is 11.4 Å². The average Bonchev–Trinajstić information content (AvgIpc) is 3.38. The van der Waals surface area contributed by atoms with Crippen molar-refractivity contribution in [3.05, 3.63) is 82.2 Å². The van der Waals surface area contributed by atoms with Crippen LogP contribution in [0.1, 0.15) is 21.9 Å². The minimum atomic E-state index is -3.90. The molecule has 15 heteroatoms. The normalized spacial score (nSPS) is 11.3. The van der Waals surface area contributed by atoms with E-state index in [9.17, 15) is 23.3 Å². The number of rotatable bonds is 8. The summed E-state index contributed by atoms with van der Waals surface area (Å²) >= 11 is 0. The Morgan fingerprint density at radius 3 is 2.40 bits per heavy atom. The van der Waals surface area contributed by atoms with Gasteiger partial charge in [0.1, 0.15) is 18.1 Å². The summed E-state index contributed by atoms with van der Waals surface area (Å²) in [6.45, 7) is 3.21. The lowest BCUT2D eigenvalue weighted by Crippen LogP contribution is -2.16. The summed E-state index contributed by atoms with van der Waals surface area (Å²) in [5.74, 6) is -0.579. The quantitative estimate of drug-likeness (QED) is 0.272. The first kappa shape index (κ1) is 23.5. The van der Waals surface area contributed by atoms with Crippen molar-refractivity contribution in [1.29, 1.82) is 0 Å². The fourth-order valence-electron chi connectivity index (χ4n) is 3.23. The molecule has 0 saturated carbocycles. The molecule has 1 amide bonds. The van der Waals surface area contributed by atoms with E-state index < -0.39 is 20.9 Å². The highest BCUT2D eigenvalue weighted by molar-refractivity contribution is 7.92. The minimum absolute atomic E-state index is 0.0359. The molecule has 0 aliphatic rings. The van der Waals surface area contributed by atoms with Crippen LogP contribution in [-0.4, -0.2) is 48.8 Å². The highest BCUT2D eigenvalue weighted by Gasteiger charge is 2.22. The second-order valence-electron chi connectivity index (χ2n) is 7.31. The van der Waals surface area contributed by atoms with Gasteiger partial charge in [-0.05, 0) is 50.2 Å². The standard InChI is InChI=1S/C20H19N9O5S/c1-13-18(29(31)32)14(2)28(24-13)12-27-11-8-17(25-27)19(30)23-15-4-6-16(7-5-15)35(33,34)26-20-21-9-3-10-22-20/h3-11H,12H2,1-2H3,(H,23,30)(H,21,22,26). The van der Waals surface area contributed by atoms with Crippen LogP contribution in [0.4, 0.5) is 17.3 Å². The van der Waals surface area contributed by atoms with Crippen LogP contribution in [0.25, 0.3) is 0 Å². The molecule has 4 rings (SSSR count). The van der Waals surface area contributed by atoms with Gasteiger partial charge in [-0.3, -0.25) is 19.6 Å². The lowest BCUT2D eigenvalue weighted by atomic mass is 10.3. The second-order valence-corrected chi connectivity index (χ2v) is 9.00. The van der Waals surface area contributed by atoms with Crippen LogP contribution in [0.2, 0.25) is 0 Å². The molecule has 0 spiro atoms. The number of anilines is 2. The highest BCUT2D eigenvalue weighted by Crippen LogP contribution is 2.22. The summed E-state index contributed by atoms with van der Waals surface area (Å²) < 4.78 is 30.0. The van der Waals surface area contributed by atoms with Crippen molar-refractivity contribution in [2.75, 3.05) is 10.0 Å². The molecule has 0 aliphatic heterocycles. The Bertz CT molecular complexity index is 1500. The number of carbonyl (C=O) groups excluding carboxylic acids is 1. The van der Waals surface area contributed by atoms with Gasteiger partial charge >= 0.3 is 5.69 Å². The molecule has 0 fully saturated rings. The van der Waals surface area contributed by atoms with Gasteiger partial charge in [-0.25, -0.2) is 27.8 Å². The molecule has 0 aliphatic carbocycles. The van der Waals surface area contributed by atoms with Gasteiger partial charge in [0.05, 0.1) is 9.82 Å². The number of hydrogen-bond acceptors (Lipinski definition) is 9. The Morgan fingerprint density at radius 2 is 1.77 bits per heavy atom. The van der Waals surface area contributed by atoms with Gasteiger partial charge in [0, 0.05) is 24.3 Å². The molecule has 0 radical (unpaired) electrons. The maximum Gasteiger partial charge on any atom is 0.312 e. The summed E-state index contributed by atoms with van der Waals surface area (Å²) in [4.78, 5) is 30.9. The Kier molecular flexibility index (Phi) is 6.24. The van der Waals surface area contributed by atoms with E-state index in [4.69, 9.17) is 0 Å². The van der Waals surface area contributed by atoms with E-state index in [0.717, 1.165) is 0 Å². The molecule has 4 aromatic rings. The molecule has 3 heterocycles. The van der Waals surface area contributed by atoms with Crippen molar-refractivity contribution in [3.63, 3.8) is 0 Å². The summed E-state index contributed by atoms with van der Waals surface area (Å²) in [5.41, 5.74) is 1.05. The number of nitro groups is 1. The number of hydrogen-bond donors (Lipinski definition) is 2. The number of aromatic nitrogens is 6. The predicted molar refractivity (Wildman–Crippen MR) is 123 cm³/mol. The third kappa shape index (κ3) is 5.14. The van der Waals surface area contributed by atoms with Crippen LogP contribution in [0, 0.1) is 24.0 Å². The predicted octanol–water partition coefficient (Wildman–Crippen LogP) is 1.95. The topological polar surface area (TPSA) is 180 Å². The largest absolute Gasteiger partial charge is 0.321 e. The molecule has 0 unspecified atom stereocenters. The molecule has 0 bridgehead atoms. The SMILES string of the molecule is Cc1nn(Cn2ccc(C(=O)Nc3ccc(S(=O)(=O)Nc4ncccn4)cc3)n2)c(C)c1[N+](=O)[O-]. The molecule has 1 aromatic carbocycles. The fraction of sp³-hybridized carbons (Fsp3) is 0.150. The number of sulfonamides is 1.